The standard InChI is InChI=1S/C19H26N4O/c1-12(2)18-16(19(24)22-17(10-20)14-6-7-14)11-21-23(18)15-8-4-13(3)5-9-15/h4-5,8-9,11-12,14,17H,6-7,10,20H2,1-3H3,(H,22,24). The molecular weight excluding hydrogens is 300 g/mol. The predicted molar refractivity (Wildman–Crippen MR) is 95.4 cm³/mol. The third kappa shape index (κ3) is 3.36. The molecule has 5 heteroatoms. The Morgan fingerprint density at radius 1 is 1.33 bits per heavy atom. The van der Waals surface area contributed by atoms with E-state index < -0.39 is 0 Å². The number of aryl methyl sites for hydroxylation is 1. The summed E-state index contributed by atoms with van der Waals surface area (Å²) in [6.45, 7) is 6.71. The van der Waals surface area contributed by atoms with E-state index in [9.17, 15) is 4.79 Å². The number of nitrogens with one attached hydrogen (secondary N) is 1. The summed E-state index contributed by atoms with van der Waals surface area (Å²) in [6.07, 6.45) is 3.98. The molecule has 0 radical (unpaired) electrons. The van der Waals surface area contributed by atoms with Crippen molar-refractivity contribution in [1.82, 2.24) is 15.1 Å². The Balaban J connectivity index is 1.90. The van der Waals surface area contributed by atoms with Crippen LogP contribution in [-0.4, -0.2) is 28.3 Å². The fourth-order valence-corrected chi connectivity index (χ4v) is 3.09. The van der Waals surface area contributed by atoms with Gasteiger partial charge in [-0.3, -0.25) is 4.79 Å². The molecule has 24 heavy (non-hydrogen) atoms. The summed E-state index contributed by atoms with van der Waals surface area (Å²) in [5, 5.41) is 7.57. The first-order valence-electron chi connectivity index (χ1n) is 8.67. The number of amides is 1. The zero-order valence-corrected chi connectivity index (χ0v) is 14.6. The van der Waals surface area contributed by atoms with E-state index in [4.69, 9.17) is 5.73 Å². The van der Waals surface area contributed by atoms with Gasteiger partial charge in [0.1, 0.15) is 0 Å². The zero-order chi connectivity index (χ0) is 17.3. The lowest BCUT2D eigenvalue weighted by atomic mass is 10.0. The van der Waals surface area contributed by atoms with Crippen molar-refractivity contribution in [3.8, 4) is 5.69 Å². The summed E-state index contributed by atoms with van der Waals surface area (Å²) in [5.41, 5.74) is 9.56. The molecule has 0 aliphatic heterocycles. The van der Waals surface area contributed by atoms with E-state index in [0.717, 1.165) is 24.2 Å². The highest BCUT2D eigenvalue weighted by molar-refractivity contribution is 5.95. The van der Waals surface area contributed by atoms with Gasteiger partial charge in [-0.2, -0.15) is 5.10 Å². The molecular formula is C19H26N4O. The molecule has 3 N–H and O–H groups in total. The minimum Gasteiger partial charge on any atom is -0.348 e. The molecule has 1 aliphatic carbocycles. The molecule has 0 bridgehead atoms. The zero-order valence-electron chi connectivity index (χ0n) is 14.6. The van der Waals surface area contributed by atoms with Gasteiger partial charge in [0.25, 0.3) is 5.91 Å². The third-order valence-electron chi connectivity index (χ3n) is 4.64. The van der Waals surface area contributed by atoms with Gasteiger partial charge in [0.05, 0.1) is 23.1 Å². The monoisotopic (exact) mass is 326 g/mol. The average molecular weight is 326 g/mol. The van der Waals surface area contributed by atoms with E-state index in [0.29, 0.717) is 18.0 Å². The van der Waals surface area contributed by atoms with Crippen molar-refractivity contribution < 1.29 is 4.79 Å². The van der Waals surface area contributed by atoms with Gasteiger partial charge in [0.15, 0.2) is 0 Å². The van der Waals surface area contributed by atoms with Crippen LogP contribution in [0.1, 0.15) is 54.2 Å². The number of carbonyl (C=O) groups is 1. The first-order valence-corrected chi connectivity index (χ1v) is 8.67. The number of hydrogen-bond donors (Lipinski definition) is 2. The van der Waals surface area contributed by atoms with Crippen LogP contribution < -0.4 is 11.1 Å². The maximum Gasteiger partial charge on any atom is 0.255 e. The molecule has 1 unspecified atom stereocenters. The van der Waals surface area contributed by atoms with Gasteiger partial charge < -0.3 is 11.1 Å². The Hall–Kier alpha value is -2.14. The van der Waals surface area contributed by atoms with E-state index in [1.165, 1.54) is 5.56 Å². The van der Waals surface area contributed by atoms with E-state index in [2.05, 4.69) is 43.3 Å². The van der Waals surface area contributed by atoms with E-state index in [1.807, 2.05) is 16.8 Å². The lowest BCUT2D eigenvalue weighted by Crippen LogP contribution is -2.42. The molecule has 1 aromatic heterocycles. The van der Waals surface area contributed by atoms with Gasteiger partial charge in [0, 0.05) is 12.6 Å². The largest absolute Gasteiger partial charge is 0.348 e. The number of rotatable bonds is 6. The van der Waals surface area contributed by atoms with Gasteiger partial charge in [0.2, 0.25) is 0 Å². The maximum absolute atomic E-state index is 12.8. The van der Waals surface area contributed by atoms with Crippen molar-refractivity contribution in [3.63, 3.8) is 0 Å². The predicted octanol–water partition coefficient (Wildman–Crippen LogP) is 2.77. The Morgan fingerprint density at radius 2 is 2.00 bits per heavy atom. The van der Waals surface area contributed by atoms with Crippen molar-refractivity contribution in [1.29, 1.82) is 0 Å². The summed E-state index contributed by atoms with van der Waals surface area (Å²) in [5.74, 6) is 0.653. The molecule has 1 heterocycles. The van der Waals surface area contributed by atoms with Crippen LogP contribution in [-0.2, 0) is 0 Å². The number of benzene rings is 1. The molecule has 5 nitrogen and oxygen atoms in total. The first kappa shape index (κ1) is 16.7. The summed E-state index contributed by atoms with van der Waals surface area (Å²) in [6, 6.07) is 8.24. The maximum atomic E-state index is 12.8. The molecule has 1 aromatic carbocycles. The van der Waals surface area contributed by atoms with Crippen LogP contribution in [0.2, 0.25) is 0 Å². The van der Waals surface area contributed by atoms with Crippen LogP contribution in [0.4, 0.5) is 0 Å². The molecule has 1 fully saturated rings. The Morgan fingerprint density at radius 3 is 2.54 bits per heavy atom. The fraction of sp³-hybridized carbons (Fsp3) is 0.474. The molecule has 128 valence electrons. The average Bonchev–Trinajstić information content (AvgIpc) is 3.30. The lowest BCUT2D eigenvalue weighted by Gasteiger charge is -2.17. The van der Waals surface area contributed by atoms with Gasteiger partial charge in [-0.05, 0) is 43.7 Å². The minimum absolute atomic E-state index is 0.0697. The molecule has 0 saturated heterocycles. The molecule has 0 spiro atoms. The normalized spacial score (nSPS) is 15.5. The Bertz CT molecular complexity index is 713. The number of nitrogens with two attached hydrogens (primary N) is 1. The molecule has 1 aliphatic rings. The van der Waals surface area contributed by atoms with Gasteiger partial charge >= 0.3 is 0 Å². The second kappa shape index (κ2) is 6.77. The van der Waals surface area contributed by atoms with Crippen LogP contribution in [0.3, 0.4) is 0 Å². The van der Waals surface area contributed by atoms with Gasteiger partial charge in [-0.1, -0.05) is 31.5 Å². The topological polar surface area (TPSA) is 72.9 Å². The highest BCUT2D eigenvalue weighted by Gasteiger charge is 2.32. The smallest absolute Gasteiger partial charge is 0.255 e. The summed E-state index contributed by atoms with van der Waals surface area (Å²) >= 11 is 0. The minimum atomic E-state index is -0.0700. The van der Waals surface area contributed by atoms with Crippen LogP contribution in [0, 0.1) is 12.8 Å². The lowest BCUT2D eigenvalue weighted by molar-refractivity contribution is 0.0932. The van der Waals surface area contributed by atoms with Crippen LogP contribution in [0.25, 0.3) is 5.69 Å². The van der Waals surface area contributed by atoms with E-state index in [1.54, 1.807) is 6.20 Å². The molecule has 1 saturated carbocycles. The first-order chi connectivity index (χ1) is 11.5. The second-order valence-electron chi connectivity index (χ2n) is 7.00. The number of nitrogens with zero attached hydrogens (tertiary/aromatic N) is 2. The van der Waals surface area contributed by atoms with E-state index >= 15 is 0 Å². The second-order valence-corrected chi connectivity index (χ2v) is 7.00. The van der Waals surface area contributed by atoms with Crippen LogP contribution in [0.5, 0.6) is 0 Å². The van der Waals surface area contributed by atoms with Crippen LogP contribution in [0.15, 0.2) is 30.5 Å². The van der Waals surface area contributed by atoms with Crippen molar-refractivity contribution in [2.75, 3.05) is 6.54 Å². The highest BCUT2D eigenvalue weighted by Crippen LogP contribution is 2.32. The Labute approximate surface area is 143 Å². The third-order valence-corrected chi connectivity index (χ3v) is 4.64. The molecule has 3 rings (SSSR count). The Kier molecular flexibility index (Phi) is 4.71. The van der Waals surface area contributed by atoms with Crippen molar-refractivity contribution in [2.45, 2.75) is 45.6 Å². The SMILES string of the molecule is Cc1ccc(-n2ncc(C(=O)NC(CN)C3CC3)c2C(C)C)cc1. The number of aromatic nitrogens is 2. The van der Waals surface area contributed by atoms with Crippen molar-refractivity contribution in [2.24, 2.45) is 11.7 Å². The van der Waals surface area contributed by atoms with E-state index in [-0.39, 0.29) is 17.9 Å². The summed E-state index contributed by atoms with van der Waals surface area (Å²) < 4.78 is 1.87. The number of carbonyl (C=O) groups excluding carboxylic acids is 1. The molecule has 1 atom stereocenters. The summed E-state index contributed by atoms with van der Waals surface area (Å²) in [4.78, 5) is 12.8. The highest BCUT2D eigenvalue weighted by atomic mass is 16.1. The molecule has 1 amide bonds. The summed E-state index contributed by atoms with van der Waals surface area (Å²) in [7, 11) is 0. The van der Waals surface area contributed by atoms with Crippen molar-refractivity contribution >= 4 is 5.91 Å². The van der Waals surface area contributed by atoms with Crippen LogP contribution >= 0.6 is 0 Å². The molecule has 2 aromatic rings. The van der Waals surface area contributed by atoms with Gasteiger partial charge in [-0.15, -0.1) is 0 Å². The van der Waals surface area contributed by atoms with Gasteiger partial charge in [-0.25, -0.2) is 4.68 Å². The number of hydrogen-bond acceptors (Lipinski definition) is 3. The van der Waals surface area contributed by atoms with Crippen molar-refractivity contribution in [3.05, 3.63) is 47.3 Å². The quantitative estimate of drug-likeness (QED) is 0.857. The fourth-order valence-electron chi connectivity index (χ4n) is 3.09.